The van der Waals surface area contributed by atoms with Crippen LogP contribution in [0.15, 0.2) is 41.9 Å². The van der Waals surface area contributed by atoms with Gasteiger partial charge in [-0.3, -0.25) is 4.79 Å². The van der Waals surface area contributed by atoms with Gasteiger partial charge in [0.15, 0.2) is 11.4 Å². The number of hydrogen-bond acceptors (Lipinski definition) is 6. The van der Waals surface area contributed by atoms with Crippen LogP contribution in [0.2, 0.25) is 0 Å². The van der Waals surface area contributed by atoms with E-state index < -0.39 is 28.1 Å². The van der Waals surface area contributed by atoms with Gasteiger partial charge in [0, 0.05) is 18.9 Å². The average molecular weight is 430 g/mol. The molecule has 2 aromatic rings. The number of aryl methyl sites for hydroxylation is 2. The summed E-state index contributed by atoms with van der Waals surface area (Å²) >= 11 is 0. The van der Waals surface area contributed by atoms with Gasteiger partial charge in [0.1, 0.15) is 11.5 Å². The van der Waals surface area contributed by atoms with Gasteiger partial charge in [0.2, 0.25) is 10.0 Å². The smallest absolute Gasteiger partial charge is 0.276 e. The molecule has 2 heterocycles. The number of carbonyl (C=O) groups is 1. The number of aliphatic hydroxyl groups is 1. The number of aromatic nitrogens is 1. The van der Waals surface area contributed by atoms with Gasteiger partial charge < -0.3 is 19.7 Å². The second-order valence-electron chi connectivity index (χ2n) is 7.01. The van der Waals surface area contributed by atoms with Crippen LogP contribution in [0.25, 0.3) is 0 Å². The summed E-state index contributed by atoms with van der Waals surface area (Å²) < 4.78 is 35.0. The highest BCUT2D eigenvalue weighted by atomic mass is 32.2. The summed E-state index contributed by atoms with van der Waals surface area (Å²) in [4.78, 5) is 12.7. The predicted octanol–water partition coefficient (Wildman–Crippen LogP) is 1.43. The summed E-state index contributed by atoms with van der Waals surface area (Å²) in [5.41, 5.74) is 1.59. The lowest BCUT2D eigenvalue weighted by Crippen LogP contribution is -2.45. The second kappa shape index (κ2) is 8.31. The maximum Gasteiger partial charge on any atom is 0.276 e. The SMILES string of the molecule is C=CC[C@H](O)[C@@H]1COc2c(cn(C)c2C(=O)Nc2ccc(C)c(C#N)c2)S(=O)(=O)N1. The van der Waals surface area contributed by atoms with E-state index in [0.717, 1.165) is 5.56 Å². The van der Waals surface area contributed by atoms with Gasteiger partial charge in [-0.25, -0.2) is 13.1 Å². The van der Waals surface area contributed by atoms with Crippen LogP contribution in [-0.2, 0) is 17.1 Å². The number of aliphatic hydroxyl groups excluding tert-OH is 1. The van der Waals surface area contributed by atoms with Crippen LogP contribution in [0.3, 0.4) is 0 Å². The van der Waals surface area contributed by atoms with Crippen molar-refractivity contribution in [3.63, 3.8) is 0 Å². The minimum Gasteiger partial charge on any atom is -0.488 e. The maximum absolute atomic E-state index is 12.9. The molecule has 0 bridgehead atoms. The number of nitrogens with zero attached hydrogens (tertiary/aromatic N) is 2. The normalized spacial score (nSPS) is 18.3. The summed E-state index contributed by atoms with van der Waals surface area (Å²) in [6, 6.07) is 6.05. The molecule has 0 radical (unpaired) electrons. The van der Waals surface area contributed by atoms with Gasteiger partial charge in [-0.15, -0.1) is 6.58 Å². The molecule has 3 rings (SSSR count). The van der Waals surface area contributed by atoms with Crippen molar-refractivity contribution in [2.24, 2.45) is 7.05 Å². The molecule has 1 aromatic heterocycles. The first-order chi connectivity index (χ1) is 14.2. The molecule has 9 nitrogen and oxygen atoms in total. The van der Waals surface area contributed by atoms with Crippen LogP contribution in [0.4, 0.5) is 5.69 Å². The highest BCUT2D eigenvalue weighted by Gasteiger charge is 2.36. The summed E-state index contributed by atoms with van der Waals surface area (Å²) in [7, 11) is -2.50. The van der Waals surface area contributed by atoms with E-state index >= 15 is 0 Å². The van der Waals surface area contributed by atoms with Crippen molar-refractivity contribution in [1.29, 1.82) is 5.26 Å². The molecule has 3 N–H and O–H groups in total. The molecular formula is C20H22N4O5S. The van der Waals surface area contributed by atoms with Crippen molar-refractivity contribution in [2.45, 2.75) is 30.4 Å². The molecule has 0 spiro atoms. The molecule has 1 aromatic carbocycles. The second-order valence-corrected chi connectivity index (χ2v) is 8.69. The first-order valence-electron chi connectivity index (χ1n) is 9.13. The molecule has 0 saturated heterocycles. The van der Waals surface area contributed by atoms with Crippen molar-refractivity contribution in [2.75, 3.05) is 11.9 Å². The zero-order valence-corrected chi connectivity index (χ0v) is 17.4. The number of amides is 1. The van der Waals surface area contributed by atoms with E-state index in [2.05, 4.69) is 22.7 Å². The number of sulfonamides is 1. The average Bonchev–Trinajstić information content (AvgIpc) is 2.97. The van der Waals surface area contributed by atoms with Gasteiger partial charge in [-0.1, -0.05) is 12.1 Å². The van der Waals surface area contributed by atoms with Crippen molar-refractivity contribution in [1.82, 2.24) is 9.29 Å². The fourth-order valence-corrected chi connectivity index (χ4v) is 4.62. The Morgan fingerprint density at radius 2 is 2.30 bits per heavy atom. The number of benzene rings is 1. The quantitative estimate of drug-likeness (QED) is 0.615. The van der Waals surface area contributed by atoms with Gasteiger partial charge in [0.25, 0.3) is 5.91 Å². The lowest BCUT2D eigenvalue weighted by atomic mass is 10.1. The zero-order valence-electron chi connectivity index (χ0n) is 16.5. The Balaban J connectivity index is 1.94. The standard InChI is InChI=1S/C20H22N4O5S/c1-4-5-16(25)15-11-29-19-17(30(27,28)23-15)10-24(3)18(19)20(26)22-14-7-6-12(2)13(8-14)9-21/h4,6-8,10,15-16,23,25H,1,5,11H2,2-3H3,(H,22,26)/t15-,16-/m0/s1. The highest BCUT2D eigenvalue weighted by Crippen LogP contribution is 2.33. The van der Waals surface area contributed by atoms with E-state index in [9.17, 15) is 23.6 Å². The number of anilines is 1. The van der Waals surface area contributed by atoms with Crippen molar-refractivity contribution < 1.29 is 23.1 Å². The predicted molar refractivity (Wildman–Crippen MR) is 110 cm³/mol. The lowest BCUT2D eigenvalue weighted by molar-refractivity contribution is 0.0999. The topological polar surface area (TPSA) is 133 Å². The summed E-state index contributed by atoms with van der Waals surface area (Å²) in [6.45, 7) is 5.16. The Morgan fingerprint density at radius 1 is 1.57 bits per heavy atom. The third-order valence-corrected chi connectivity index (χ3v) is 6.29. The molecule has 158 valence electrons. The minimum atomic E-state index is -4.03. The molecular weight excluding hydrogens is 408 g/mol. The summed E-state index contributed by atoms with van der Waals surface area (Å²) in [6.07, 6.45) is 1.91. The Morgan fingerprint density at radius 3 is 2.97 bits per heavy atom. The van der Waals surface area contributed by atoms with Crippen LogP contribution in [0.5, 0.6) is 5.75 Å². The Bertz CT molecular complexity index is 1150. The Kier molecular flexibility index (Phi) is 5.98. The number of carbonyl (C=O) groups excluding carboxylic acids is 1. The number of ether oxygens (including phenoxy) is 1. The van der Waals surface area contributed by atoms with Crippen LogP contribution < -0.4 is 14.8 Å². The Labute approximate surface area is 174 Å². The molecule has 0 saturated carbocycles. The lowest BCUT2D eigenvalue weighted by Gasteiger charge is -2.20. The van der Waals surface area contributed by atoms with Crippen LogP contribution in [0, 0.1) is 18.3 Å². The summed E-state index contributed by atoms with van der Waals surface area (Å²) in [5.74, 6) is -0.685. The van der Waals surface area contributed by atoms with Gasteiger partial charge in [-0.2, -0.15) is 5.26 Å². The molecule has 1 amide bonds. The number of fused-ring (bicyclic) bond motifs is 1. The fraction of sp³-hybridized carbons (Fsp3) is 0.300. The van der Waals surface area contributed by atoms with E-state index in [0.29, 0.717) is 11.3 Å². The minimum absolute atomic E-state index is 0.00770. The first kappa shape index (κ1) is 21.6. The molecule has 0 aliphatic carbocycles. The van der Waals surface area contributed by atoms with Crippen molar-refractivity contribution in [3.8, 4) is 11.8 Å². The monoisotopic (exact) mass is 430 g/mol. The van der Waals surface area contributed by atoms with E-state index in [1.54, 1.807) is 19.1 Å². The molecule has 1 aliphatic heterocycles. The van der Waals surface area contributed by atoms with Crippen molar-refractivity contribution >= 4 is 21.6 Å². The molecule has 1 aliphatic rings. The first-order valence-corrected chi connectivity index (χ1v) is 10.6. The van der Waals surface area contributed by atoms with Crippen molar-refractivity contribution in [3.05, 3.63) is 53.9 Å². The number of nitriles is 1. The molecule has 0 fully saturated rings. The summed E-state index contributed by atoms with van der Waals surface area (Å²) in [5, 5.41) is 22.0. The van der Waals surface area contributed by atoms with E-state index in [4.69, 9.17) is 4.74 Å². The van der Waals surface area contributed by atoms with Crippen LogP contribution in [0.1, 0.15) is 28.0 Å². The Hall–Kier alpha value is -3.13. The molecule has 0 unspecified atom stereocenters. The van der Waals surface area contributed by atoms with Gasteiger partial charge >= 0.3 is 0 Å². The molecule has 2 atom stereocenters. The van der Waals surface area contributed by atoms with Gasteiger partial charge in [0.05, 0.1) is 23.8 Å². The fourth-order valence-electron chi connectivity index (χ4n) is 3.18. The van der Waals surface area contributed by atoms with E-state index in [-0.39, 0.29) is 29.4 Å². The zero-order chi connectivity index (χ0) is 22.1. The van der Waals surface area contributed by atoms with Crippen LogP contribution >= 0.6 is 0 Å². The van der Waals surface area contributed by atoms with Gasteiger partial charge in [-0.05, 0) is 31.0 Å². The van der Waals surface area contributed by atoms with E-state index in [1.165, 1.54) is 30.0 Å². The molecule has 30 heavy (non-hydrogen) atoms. The number of nitrogens with one attached hydrogen (secondary N) is 2. The van der Waals surface area contributed by atoms with Crippen LogP contribution in [-0.4, -0.2) is 42.8 Å². The number of rotatable bonds is 5. The molecule has 10 heteroatoms. The highest BCUT2D eigenvalue weighted by molar-refractivity contribution is 7.89. The number of hydrogen-bond donors (Lipinski definition) is 3. The third-order valence-electron chi connectivity index (χ3n) is 4.81. The third kappa shape index (κ3) is 4.09. The largest absolute Gasteiger partial charge is 0.488 e. The maximum atomic E-state index is 12.9. The van der Waals surface area contributed by atoms with E-state index in [1.807, 2.05) is 0 Å².